The van der Waals surface area contributed by atoms with Crippen LogP contribution in [0.2, 0.25) is 0 Å². The van der Waals surface area contributed by atoms with E-state index in [2.05, 4.69) is 34.3 Å². The highest BCUT2D eigenvalue weighted by Gasteiger charge is 2.22. The summed E-state index contributed by atoms with van der Waals surface area (Å²) in [7, 11) is 0. The average molecular weight is 349 g/mol. The van der Waals surface area contributed by atoms with Crippen LogP contribution in [0.1, 0.15) is 36.7 Å². The Kier molecular flexibility index (Phi) is 4.12. The number of carbonyl (C=O) groups is 1. The van der Waals surface area contributed by atoms with Crippen molar-refractivity contribution in [2.45, 2.75) is 26.3 Å². The summed E-state index contributed by atoms with van der Waals surface area (Å²) in [5.41, 5.74) is 1.99. The maximum absolute atomic E-state index is 12.3. The zero-order valence-corrected chi connectivity index (χ0v) is 14.6. The fourth-order valence-electron chi connectivity index (χ4n) is 2.99. The van der Waals surface area contributed by atoms with Crippen LogP contribution in [0.15, 0.2) is 42.7 Å². The second kappa shape index (κ2) is 6.59. The lowest BCUT2D eigenvalue weighted by molar-refractivity contribution is 0.0934. The lowest BCUT2D eigenvalue weighted by atomic mass is 10.0. The maximum Gasteiger partial charge on any atom is 0.182 e. The second-order valence-electron chi connectivity index (χ2n) is 6.39. The molecule has 0 atom stereocenters. The van der Waals surface area contributed by atoms with Gasteiger partial charge in [0.15, 0.2) is 11.6 Å². The topological polar surface area (TPSA) is 81.9 Å². The molecule has 7 heteroatoms. The fraction of sp³-hybridized carbons (Fsp3) is 0.263. The molecule has 0 saturated carbocycles. The number of Topliss-reactive ketones (excluding diaryl/α,β-unsaturated/α-hetero) is 1. The van der Waals surface area contributed by atoms with Crippen molar-refractivity contribution in [3.8, 4) is 17.3 Å². The average Bonchev–Trinajstić information content (AvgIpc) is 3.12. The van der Waals surface area contributed by atoms with Gasteiger partial charge >= 0.3 is 0 Å². The summed E-state index contributed by atoms with van der Waals surface area (Å²) < 4.78 is 7.56. The van der Waals surface area contributed by atoms with Crippen molar-refractivity contribution in [1.29, 1.82) is 0 Å². The molecule has 0 saturated heterocycles. The number of rotatable bonds is 4. The van der Waals surface area contributed by atoms with Crippen molar-refractivity contribution in [2.75, 3.05) is 11.9 Å². The van der Waals surface area contributed by atoms with Crippen molar-refractivity contribution in [3.05, 3.63) is 48.3 Å². The van der Waals surface area contributed by atoms with Crippen molar-refractivity contribution >= 4 is 17.3 Å². The minimum Gasteiger partial charge on any atom is -0.492 e. The van der Waals surface area contributed by atoms with E-state index in [1.807, 2.05) is 41.0 Å². The molecule has 3 heterocycles. The number of nitrogens with zero attached hydrogens (tertiary/aromatic N) is 4. The van der Waals surface area contributed by atoms with E-state index in [0.29, 0.717) is 47.4 Å². The van der Waals surface area contributed by atoms with E-state index in [4.69, 9.17) is 4.74 Å². The van der Waals surface area contributed by atoms with Crippen LogP contribution in [0.4, 0.5) is 11.5 Å². The third-order valence-corrected chi connectivity index (χ3v) is 4.26. The van der Waals surface area contributed by atoms with Crippen LogP contribution in [0.5, 0.6) is 5.75 Å². The van der Waals surface area contributed by atoms with Crippen LogP contribution in [-0.2, 0) is 0 Å². The lowest BCUT2D eigenvalue weighted by Crippen LogP contribution is -2.17. The molecule has 1 N–H and O–H groups in total. The maximum atomic E-state index is 12.3. The lowest BCUT2D eigenvalue weighted by Gasteiger charge is -2.19. The molecule has 2 aromatic heterocycles. The van der Waals surface area contributed by atoms with Gasteiger partial charge in [-0.3, -0.25) is 4.79 Å². The molecule has 26 heavy (non-hydrogen) atoms. The van der Waals surface area contributed by atoms with Gasteiger partial charge in [-0.1, -0.05) is 12.1 Å². The van der Waals surface area contributed by atoms with E-state index in [1.165, 1.54) is 0 Å². The number of benzene rings is 1. The van der Waals surface area contributed by atoms with E-state index in [1.54, 1.807) is 6.33 Å². The first-order valence-corrected chi connectivity index (χ1v) is 8.56. The van der Waals surface area contributed by atoms with Crippen molar-refractivity contribution in [3.63, 3.8) is 0 Å². The van der Waals surface area contributed by atoms with Gasteiger partial charge in [0.05, 0.1) is 17.9 Å². The van der Waals surface area contributed by atoms with E-state index in [-0.39, 0.29) is 11.8 Å². The number of ether oxygens (including phenoxy) is 1. The summed E-state index contributed by atoms with van der Waals surface area (Å²) in [6.07, 6.45) is 2.09. The molecule has 3 aromatic rings. The number of hydrogen-bond donors (Lipinski definition) is 1. The first-order valence-electron chi connectivity index (χ1n) is 8.56. The summed E-state index contributed by atoms with van der Waals surface area (Å²) in [4.78, 5) is 16.9. The molecule has 7 nitrogen and oxygen atoms in total. The van der Waals surface area contributed by atoms with Crippen LogP contribution in [0, 0.1) is 0 Å². The Hall–Kier alpha value is -3.22. The van der Waals surface area contributed by atoms with Gasteiger partial charge in [0.2, 0.25) is 0 Å². The number of nitrogens with one attached hydrogen (secondary N) is 1. The molecular weight excluding hydrogens is 330 g/mol. The number of pyridine rings is 1. The van der Waals surface area contributed by atoms with Gasteiger partial charge in [0.1, 0.15) is 23.6 Å². The molecular formula is C19H19N5O2. The quantitative estimate of drug-likeness (QED) is 0.774. The Morgan fingerprint density at radius 2 is 2.04 bits per heavy atom. The molecule has 0 aliphatic carbocycles. The normalized spacial score (nSPS) is 13.4. The Morgan fingerprint density at radius 1 is 1.19 bits per heavy atom. The van der Waals surface area contributed by atoms with E-state index >= 15 is 0 Å². The van der Waals surface area contributed by atoms with E-state index in [0.717, 1.165) is 0 Å². The molecule has 132 valence electrons. The van der Waals surface area contributed by atoms with Crippen molar-refractivity contribution in [1.82, 2.24) is 19.7 Å². The monoisotopic (exact) mass is 349 g/mol. The highest BCUT2D eigenvalue weighted by atomic mass is 16.5. The minimum atomic E-state index is 0.0741. The van der Waals surface area contributed by atoms with Crippen LogP contribution >= 0.6 is 0 Å². The zero-order chi connectivity index (χ0) is 18.1. The van der Waals surface area contributed by atoms with Gasteiger partial charge in [-0.25, -0.2) is 4.98 Å². The molecule has 1 aliphatic heterocycles. The number of fused-ring (bicyclic) bond motifs is 1. The largest absolute Gasteiger partial charge is 0.492 e. The standard InChI is InChI=1S/C19H19N5O2/c1-12(2)24-11-20-23-19(24)14-6-4-8-17(22-14)21-13-5-3-7-16-18(13)15(25)9-10-26-16/h3-8,11-12H,9-10H2,1-2H3,(H,21,22). The number of aromatic nitrogens is 4. The molecule has 0 unspecified atom stereocenters. The summed E-state index contributed by atoms with van der Waals surface area (Å²) in [6, 6.07) is 11.4. The molecule has 0 amide bonds. The first kappa shape index (κ1) is 16.3. The molecule has 0 radical (unpaired) electrons. The Balaban J connectivity index is 1.69. The molecule has 1 aromatic carbocycles. The van der Waals surface area contributed by atoms with Crippen molar-refractivity contribution in [2.24, 2.45) is 0 Å². The third-order valence-electron chi connectivity index (χ3n) is 4.26. The Bertz CT molecular complexity index is 964. The number of ketones is 1. The molecule has 0 spiro atoms. The molecule has 4 rings (SSSR count). The smallest absolute Gasteiger partial charge is 0.182 e. The van der Waals surface area contributed by atoms with Gasteiger partial charge in [0, 0.05) is 12.5 Å². The molecule has 0 bridgehead atoms. The SMILES string of the molecule is CC(C)n1cnnc1-c1cccc(Nc2cccc3c2C(=O)CCO3)n1. The summed E-state index contributed by atoms with van der Waals surface area (Å²) >= 11 is 0. The highest BCUT2D eigenvalue weighted by molar-refractivity contribution is 6.05. The summed E-state index contributed by atoms with van der Waals surface area (Å²) in [5, 5.41) is 11.4. The van der Waals surface area contributed by atoms with E-state index in [9.17, 15) is 4.79 Å². The third kappa shape index (κ3) is 2.92. The summed E-state index contributed by atoms with van der Waals surface area (Å²) in [6.45, 7) is 4.56. The van der Waals surface area contributed by atoms with Gasteiger partial charge in [0.25, 0.3) is 0 Å². The molecule has 1 aliphatic rings. The highest BCUT2D eigenvalue weighted by Crippen LogP contribution is 2.32. The number of anilines is 2. The zero-order valence-electron chi connectivity index (χ0n) is 14.6. The fourth-order valence-corrected chi connectivity index (χ4v) is 2.99. The minimum absolute atomic E-state index is 0.0741. The van der Waals surface area contributed by atoms with Crippen LogP contribution in [-0.4, -0.2) is 32.1 Å². The van der Waals surface area contributed by atoms with Crippen LogP contribution in [0.3, 0.4) is 0 Å². The van der Waals surface area contributed by atoms with Gasteiger partial charge in [-0.15, -0.1) is 10.2 Å². The summed E-state index contributed by atoms with van der Waals surface area (Å²) in [5.74, 6) is 2.03. The Morgan fingerprint density at radius 3 is 2.88 bits per heavy atom. The number of hydrogen-bond acceptors (Lipinski definition) is 6. The predicted octanol–water partition coefficient (Wildman–Crippen LogP) is 3.63. The van der Waals surface area contributed by atoms with Crippen LogP contribution in [0.25, 0.3) is 11.5 Å². The van der Waals surface area contributed by atoms with Gasteiger partial charge in [-0.2, -0.15) is 0 Å². The predicted molar refractivity (Wildman–Crippen MR) is 97.8 cm³/mol. The van der Waals surface area contributed by atoms with Gasteiger partial charge in [-0.05, 0) is 38.1 Å². The second-order valence-corrected chi connectivity index (χ2v) is 6.39. The Labute approximate surface area is 151 Å². The molecule has 0 fully saturated rings. The van der Waals surface area contributed by atoms with E-state index < -0.39 is 0 Å². The first-order chi connectivity index (χ1) is 12.6. The van der Waals surface area contributed by atoms with Crippen LogP contribution < -0.4 is 10.1 Å². The number of carbonyl (C=O) groups excluding carboxylic acids is 1. The van der Waals surface area contributed by atoms with Gasteiger partial charge < -0.3 is 14.6 Å². The van der Waals surface area contributed by atoms with Crippen molar-refractivity contribution < 1.29 is 9.53 Å².